The van der Waals surface area contributed by atoms with E-state index in [2.05, 4.69) is 24.2 Å². The smallest absolute Gasteiger partial charge is 0.248 e. The SMILES string of the molecule is CC1=NN(C)C(=O)C1.Cc1ccccc1. The molecule has 0 bridgehead atoms. The minimum atomic E-state index is 0.0856. The van der Waals surface area contributed by atoms with Crippen LogP contribution in [0.5, 0.6) is 0 Å². The number of hydrogen-bond acceptors (Lipinski definition) is 2. The first-order valence-corrected chi connectivity index (χ1v) is 4.92. The van der Waals surface area contributed by atoms with Gasteiger partial charge in [-0.3, -0.25) is 4.79 Å². The highest BCUT2D eigenvalue weighted by Gasteiger charge is 2.15. The molecule has 2 rings (SSSR count). The number of hydrazone groups is 1. The maximum absolute atomic E-state index is 10.6. The monoisotopic (exact) mass is 204 g/mol. The van der Waals surface area contributed by atoms with Gasteiger partial charge < -0.3 is 0 Å². The number of benzene rings is 1. The van der Waals surface area contributed by atoms with Crippen LogP contribution in [-0.4, -0.2) is 23.7 Å². The summed E-state index contributed by atoms with van der Waals surface area (Å²) in [5.41, 5.74) is 2.22. The summed E-state index contributed by atoms with van der Waals surface area (Å²) in [5, 5.41) is 5.24. The molecule has 1 aromatic carbocycles. The quantitative estimate of drug-likeness (QED) is 0.637. The molecular weight excluding hydrogens is 188 g/mol. The van der Waals surface area contributed by atoms with Gasteiger partial charge in [0.25, 0.3) is 0 Å². The number of nitrogens with zero attached hydrogens (tertiary/aromatic N) is 2. The normalized spacial score (nSPS) is 14.5. The highest BCUT2D eigenvalue weighted by atomic mass is 16.2. The van der Waals surface area contributed by atoms with Gasteiger partial charge in [-0.05, 0) is 13.8 Å². The summed E-state index contributed by atoms with van der Waals surface area (Å²) in [4.78, 5) is 10.6. The molecule has 0 spiro atoms. The molecule has 0 aliphatic carbocycles. The molecule has 1 aliphatic rings. The van der Waals surface area contributed by atoms with Gasteiger partial charge in [-0.1, -0.05) is 35.9 Å². The fourth-order valence-corrected chi connectivity index (χ4v) is 1.21. The van der Waals surface area contributed by atoms with Crippen LogP contribution in [-0.2, 0) is 4.79 Å². The molecule has 0 fully saturated rings. The largest absolute Gasteiger partial charge is 0.273 e. The van der Waals surface area contributed by atoms with Gasteiger partial charge in [-0.2, -0.15) is 5.10 Å². The number of aryl methyl sites for hydroxylation is 1. The maximum atomic E-state index is 10.6. The molecule has 0 saturated carbocycles. The maximum Gasteiger partial charge on any atom is 0.248 e. The lowest BCUT2D eigenvalue weighted by Gasteiger charge is -1.98. The molecule has 3 heteroatoms. The number of carbonyl (C=O) groups is 1. The van der Waals surface area contributed by atoms with Crippen molar-refractivity contribution in [1.82, 2.24) is 5.01 Å². The predicted octanol–water partition coefficient (Wildman–Crippen LogP) is 2.22. The fraction of sp³-hybridized carbons (Fsp3) is 0.333. The number of carbonyl (C=O) groups excluding carboxylic acids is 1. The summed E-state index contributed by atoms with van der Waals surface area (Å²) < 4.78 is 0. The van der Waals surface area contributed by atoms with Gasteiger partial charge in [0, 0.05) is 12.8 Å². The lowest BCUT2D eigenvalue weighted by Crippen LogP contribution is -2.13. The average Bonchev–Trinajstić information content (AvgIpc) is 2.46. The van der Waals surface area contributed by atoms with E-state index < -0.39 is 0 Å². The minimum absolute atomic E-state index is 0.0856. The van der Waals surface area contributed by atoms with Gasteiger partial charge in [-0.15, -0.1) is 0 Å². The Hall–Kier alpha value is -1.64. The van der Waals surface area contributed by atoms with Crippen molar-refractivity contribution in [3.63, 3.8) is 0 Å². The molecular formula is C12H16N2O. The van der Waals surface area contributed by atoms with Crippen LogP contribution in [0.3, 0.4) is 0 Å². The summed E-state index contributed by atoms with van der Waals surface area (Å²) in [5.74, 6) is 0.0856. The Morgan fingerprint density at radius 3 is 2.00 bits per heavy atom. The number of amides is 1. The van der Waals surface area contributed by atoms with Crippen molar-refractivity contribution < 1.29 is 4.79 Å². The van der Waals surface area contributed by atoms with Crippen molar-refractivity contribution in [2.75, 3.05) is 7.05 Å². The van der Waals surface area contributed by atoms with E-state index in [-0.39, 0.29) is 5.91 Å². The van der Waals surface area contributed by atoms with Crippen molar-refractivity contribution >= 4 is 11.6 Å². The molecule has 0 atom stereocenters. The van der Waals surface area contributed by atoms with Crippen LogP contribution < -0.4 is 0 Å². The van der Waals surface area contributed by atoms with Gasteiger partial charge in [0.15, 0.2) is 0 Å². The van der Waals surface area contributed by atoms with E-state index in [1.54, 1.807) is 7.05 Å². The van der Waals surface area contributed by atoms with Crippen molar-refractivity contribution in [2.45, 2.75) is 20.3 Å². The van der Waals surface area contributed by atoms with Gasteiger partial charge in [0.2, 0.25) is 5.91 Å². The molecule has 15 heavy (non-hydrogen) atoms. The molecule has 1 amide bonds. The molecule has 0 unspecified atom stereocenters. The summed E-state index contributed by atoms with van der Waals surface area (Å²) in [6.45, 7) is 3.93. The van der Waals surface area contributed by atoms with Gasteiger partial charge in [0.1, 0.15) is 0 Å². The molecule has 0 aromatic heterocycles. The third-order valence-corrected chi connectivity index (χ3v) is 2.03. The highest BCUT2D eigenvalue weighted by molar-refractivity contribution is 6.03. The van der Waals surface area contributed by atoms with Crippen molar-refractivity contribution in [1.29, 1.82) is 0 Å². The van der Waals surface area contributed by atoms with Crippen LogP contribution in [0, 0.1) is 6.92 Å². The van der Waals surface area contributed by atoms with Crippen molar-refractivity contribution in [3.8, 4) is 0 Å². The molecule has 80 valence electrons. The van der Waals surface area contributed by atoms with E-state index in [9.17, 15) is 4.79 Å². The molecule has 0 radical (unpaired) electrons. The van der Waals surface area contributed by atoms with Crippen LogP contribution in [0.25, 0.3) is 0 Å². The van der Waals surface area contributed by atoms with Gasteiger partial charge in [-0.25, -0.2) is 5.01 Å². The predicted molar refractivity (Wildman–Crippen MR) is 61.7 cm³/mol. The Labute approximate surface area is 90.4 Å². The van der Waals surface area contributed by atoms with Gasteiger partial charge in [0.05, 0.1) is 6.42 Å². The van der Waals surface area contributed by atoms with Crippen LogP contribution in [0.4, 0.5) is 0 Å². The molecule has 1 aliphatic heterocycles. The second-order valence-electron chi connectivity index (χ2n) is 3.58. The summed E-state index contributed by atoms with van der Waals surface area (Å²) >= 11 is 0. The average molecular weight is 204 g/mol. The first-order chi connectivity index (χ1) is 7.09. The number of rotatable bonds is 0. The highest BCUT2D eigenvalue weighted by Crippen LogP contribution is 2.02. The van der Waals surface area contributed by atoms with Crippen LogP contribution in [0.15, 0.2) is 35.4 Å². The lowest BCUT2D eigenvalue weighted by molar-refractivity contribution is -0.127. The Morgan fingerprint density at radius 2 is 1.80 bits per heavy atom. The Kier molecular flexibility index (Phi) is 4.03. The zero-order valence-electron chi connectivity index (χ0n) is 9.40. The van der Waals surface area contributed by atoms with Crippen molar-refractivity contribution in [3.05, 3.63) is 35.9 Å². The Bertz CT molecular complexity index is 357. The number of hydrogen-bond donors (Lipinski definition) is 0. The third kappa shape index (κ3) is 3.94. The summed E-state index contributed by atoms with van der Waals surface area (Å²) in [6, 6.07) is 10.3. The van der Waals surface area contributed by atoms with Gasteiger partial charge >= 0.3 is 0 Å². The molecule has 3 nitrogen and oxygen atoms in total. The zero-order chi connectivity index (χ0) is 11.3. The van der Waals surface area contributed by atoms with Crippen LogP contribution in [0.1, 0.15) is 18.9 Å². The second-order valence-corrected chi connectivity index (χ2v) is 3.58. The minimum Gasteiger partial charge on any atom is -0.273 e. The van der Waals surface area contributed by atoms with E-state index >= 15 is 0 Å². The van der Waals surface area contributed by atoms with E-state index in [1.807, 2.05) is 25.1 Å². The van der Waals surface area contributed by atoms with Crippen LogP contribution in [0.2, 0.25) is 0 Å². The van der Waals surface area contributed by atoms with E-state index in [1.165, 1.54) is 10.6 Å². The van der Waals surface area contributed by atoms with Crippen LogP contribution >= 0.6 is 0 Å². The molecule has 1 heterocycles. The second kappa shape index (κ2) is 5.29. The molecule has 1 aromatic rings. The zero-order valence-corrected chi connectivity index (χ0v) is 9.40. The van der Waals surface area contributed by atoms with Crippen molar-refractivity contribution in [2.24, 2.45) is 5.10 Å². The fourth-order valence-electron chi connectivity index (χ4n) is 1.21. The summed E-state index contributed by atoms with van der Waals surface area (Å²) in [6.07, 6.45) is 0.497. The Balaban J connectivity index is 0.000000151. The first-order valence-electron chi connectivity index (χ1n) is 4.92. The standard InChI is InChI=1S/C7H8.C5H8N2O/c1-7-5-3-2-4-6-7;1-4-3-5(8)7(2)6-4/h2-6H,1H3;3H2,1-2H3. The van der Waals surface area contributed by atoms with E-state index in [0.29, 0.717) is 6.42 Å². The van der Waals surface area contributed by atoms with E-state index in [0.717, 1.165) is 5.71 Å². The molecule has 0 N–H and O–H groups in total. The Morgan fingerprint density at radius 1 is 1.20 bits per heavy atom. The third-order valence-electron chi connectivity index (χ3n) is 2.03. The van der Waals surface area contributed by atoms with E-state index in [4.69, 9.17) is 0 Å². The summed E-state index contributed by atoms with van der Waals surface area (Å²) in [7, 11) is 1.67. The molecule has 0 saturated heterocycles. The lowest BCUT2D eigenvalue weighted by atomic mass is 10.2. The first kappa shape index (κ1) is 11.4. The topological polar surface area (TPSA) is 32.7 Å².